The Hall–Kier alpha value is -1.28. The molecule has 0 spiro atoms. The number of nitrogens with one attached hydrogen (secondary N) is 2. The summed E-state index contributed by atoms with van der Waals surface area (Å²) in [4.78, 5) is 6.78. The average molecular weight is 448 g/mol. The third-order valence-electron chi connectivity index (χ3n) is 6.27. The third-order valence-corrected chi connectivity index (χ3v) is 8.76. The van der Waals surface area contributed by atoms with Crippen molar-refractivity contribution in [1.82, 2.24) is 15.0 Å². The van der Waals surface area contributed by atoms with Crippen LogP contribution >= 0.6 is 11.3 Å². The van der Waals surface area contributed by atoms with Gasteiger partial charge in [-0.25, -0.2) is 13.9 Å². The van der Waals surface area contributed by atoms with Crippen LogP contribution in [-0.2, 0) is 17.4 Å². The third kappa shape index (κ3) is 5.31. The minimum Gasteiger partial charge on any atom is -0.495 e. The van der Waals surface area contributed by atoms with Crippen molar-refractivity contribution in [2.24, 2.45) is 5.92 Å². The standard InChI is InChI=1S/C23H33N3O2S2/c1-16-23(29-22(25-16)14-17-6-4-3-5-7-17)18-8-9-20(28-2)21(15-18)30(27)26-19-10-12-24-13-11-19/h8-9,15,17,19,24,26H,3-7,10-14H2,1-2H3. The molecule has 1 atom stereocenters. The van der Waals surface area contributed by atoms with E-state index in [1.807, 2.05) is 12.1 Å². The molecule has 0 amide bonds. The van der Waals surface area contributed by atoms with Gasteiger partial charge >= 0.3 is 0 Å². The van der Waals surface area contributed by atoms with E-state index >= 15 is 0 Å². The van der Waals surface area contributed by atoms with E-state index in [1.165, 1.54) is 42.0 Å². The fourth-order valence-corrected chi connectivity index (χ4v) is 6.97. The highest BCUT2D eigenvalue weighted by Crippen LogP contribution is 2.36. The molecule has 30 heavy (non-hydrogen) atoms. The first-order chi connectivity index (χ1) is 14.6. The quantitative estimate of drug-likeness (QED) is 0.650. The van der Waals surface area contributed by atoms with Gasteiger partial charge in [-0.2, -0.15) is 0 Å². The van der Waals surface area contributed by atoms with E-state index in [2.05, 4.69) is 23.0 Å². The number of piperidine rings is 1. The summed E-state index contributed by atoms with van der Waals surface area (Å²) in [5, 5.41) is 4.59. The Morgan fingerprint density at radius 1 is 1.20 bits per heavy atom. The Morgan fingerprint density at radius 2 is 1.97 bits per heavy atom. The van der Waals surface area contributed by atoms with Crippen LogP contribution in [0.5, 0.6) is 5.75 Å². The second-order valence-corrected chi connectivity index (χ2v) is 10.8. The van der Waals surface area contributed by atoms with Crippen molar-refractivity contribution in [2.45, 2.75) is 69.2 Å². The summed E-state index contributed by atoms with van der Waals surface area (Å²) in [6.07, 6.45) is 9.86. The van der Waals surface area contributed by atoms with Gasteiger partial charge in [0.15, 0.2) is 0 Å². The summed E-state index contributed by atoms with van der Waals surface area (Å²) < 4.78 is 21.9. The Kier molecular flexibility index (Phi) is 7.57. The van der Waals surface area contributed by atoms with Gasteiger partial charge in [-0.05, 0) is 62.5 Å². The lowest BCUT2D eigenvalue weighted by molar-refractivity contribution is 0.356. The summed E-state index contributed by atoms with van der Waals surface area (Å²) in [7, 11) is 0.339. The molecule has 7 heteroatoms. The molecule has 0 radical (unpaired) electrons. The second kappa shape index (κ2) is 10.4. The van der Waals surface area contributed by atoms with Crippen LogP contribution in [0.3, 0.4) is 0 Å². The van der Waals surface area contributed by atoms with E-state index in [-0.39, 0.29) is 6.04 Å². The van der Waals surface area contributed by atoms with Crippen LogP contribution < -0.4 is 14.8 Å². The van der Waals surface area contributed by atoms with Gasteiger partial charge in [0.25, 0.3) is 0 Å². The molecule has 1 aliphatic heterocycles. The molecule has 1 unspecified atom stereocenters. The molecule has 4 rings (SSSR count). The topological polar surface area (TPSA) is 63.2 Å². The minimum absolute atomic E-state index is 0.271. The lowest BCUT2D eigenvalue weighted by Gasteiger charge is -2.23. The number of hydrogen-bond acceptors (Lipinski definition) is 5. The van der Waals surface area contributed by atoms with E-state index in [0.717, 1.165) is 54.4 Å². The van der Waals surface area contributed by atoms with Crippen LogP contribution in [0.25, 0.3) is 10.4 Å². The van der Waals surface area contributed by atoms with Gasteiger partial charge in [0.2, 0.25) is 0 Å². The lowest BCUT2D eigenvalue weighted by Crippen LogP contribution is -2.40. The van der Waals surface area contributed by atoms with Gasteiger partial charge in [-0.3, -0.25) is 0 Å². The molecule has 2 aromatic rings. The molecule has 2 heterocycles. The number of ether oxygens (including phenoxy) is 1. The van der Waals surface area contributed by atoms with E-state index in [4.69, 9.17) is 9.72 Å². The number of benzene rings is 1. The predicted molar refractivity (Wildman–Crippen MR) is 125 cm³/mol. The summed E-state index contributed by atoms with van der Waals surface area (Å²) in [6, 6.07) is 6.29. The average Bonchev–Trinajstić information content (AvgIpc) is 3.14. The first-order valence-corrected chi connectivity index (χ1v) is 13.1. The Labute approximate surface area is 186 Å². The van der Waals surface area contributed by atoms with Gasteiger partial charge in [-0.15, -0.1) is 11.3 Å². The highest BCUT2D eigenvalue weighted by Gasteiger charge is 2.21. The molecule has 1 saturated carbocycles. The summed E-state index contributed by atoms with van der Waals surface area (Å²) >= 11 is 1.80. The monoisotopic (exact) mass is 447 g/mol. The normalized spacial score (nSPS) is 19.7. The predicted octanol–water partition coefficient (Wildman–Crippen LogP) is 4.61. The molecule has 1 aromatic carbocycles. The van der Waals surface area contributed by atoms with E-state index < -0.39 is 11.0 Å². The van der Waals surface area contributed by atoms with Crippen molar-refractivity contribution in [3.05, 3.63) is 28.9 Å². The molecule has 164 valence electrons. The molecule has 0 bridgehead atoms. The van der Waals surface area contributed by atoms with Crippen molar-refractivity contribution in [3.8, 4) is 16.2 Å². The molecule has 2 N–H and O–H groups in total. The highest BCUT2D eigenvalue weighted by atomic mass is 32.2. The molecular weight excluding hydrogens is 414 g/mol. The Bertz CT molecular complexity index is 871. The number of thiazole rings is 1. The molecule has 1 aliphatic carbocycles. The van der Waals surface area contributed by atoms with Gasteiger partial charge in [0.05, 0.1) is 27.6 Å². The molecule has 1 aromatic heterocycles. The van der Waals surface area contributed by atoms with Gasteiger partial charge in [-0.1, -0.05) is 32.1 Å². The van der Waals surface area contributed by atoms with Crippen LogP contribution in [-0.4, -0.2) is 35.4 Å². The van der Waals surface area contributed by atoms with Crippen LogP contribution in [0, 0.1) is 12.8 Å². The van der Waals surface area contributed by atoms with Crippen molar-refractivity contribution in [1.29, 1.82) is 0 Å². The summed E-state index contributed by atoms with van der Waals surface area (Å²) in [5.74, 6) is 1.45. The molecular formula is C23H33N3O2S2. The molecule has 1 saturated heterocycles. The van der Waals surface area contributed by atoms with Crippen LogP contribution in [0.15, 0.2) is 23.1 Å². The SMILES string of the molecule is COc1ccc(-c2sc(CC3CCCCC3)nc2C)cc1S(=O)NC1CCNCC1. The fraction of sp³-hybridized carbons (Fsp3) is 0.609. The zero-order valence-electron chi connectivity index (χ0n) is 18.0. The smallest absolute Gasteiger partial charge is 0.136 e. The number of aryl methyl sites for hydroxylation is 1. The molecule has 5 nitrogen and oxygen atoms in total. The van der Waals surface area contributed by atoms with Gasteiger partial charge < -0.3 is 10.1 Å². The zero-order chi connectivity index (χ0) is 20.9. The highest BCUT2D eigenvalue weighted by molar-refractivity contribution is 7.83. The first kappa shape index (κ1) is 21.9. The second-order valence-electron chi connectivity index (χ2n) is 8.51. The van der Waals surface area contributed by atoms with Crippen LogP contribution in [0.1, 0.15) is 55.6 Å². The number of nitrogens with zero attached hydrogens (tertiary/aromatic N) is 1. The summed E-state index contributed by atoms with van der Waals surface area (Å²) in [6.45, 7) is 4.02. The van der Waals surface area contributed by atoms with Crippen molar-refractivity contribution in [2.75, 3.05) is 20.2 Å². The van der Waals surface area contributed by atoms with E-state index in [9.17, 15) is 4.21 Å². The Balaban J connectivity index is 1.54. The zero-order valence-corrected chi connectivity index (χ0v) is 19.7. The van der Waals surface area contributed by atoms with Crippen molar-refractivity contribution >= 4 is 22.3 Å². The summed E-state index contributed by atoms with van der Waals surface area (Å²) in [5.41, 5.74) is 2.15. The maximum atomic E-state index is 13.1. The Morgan fingerprint density at radius 3 is 2.70 bits per heavy atom. The van der Waals surface area contributed by atoms with Crippen LogP contribution in [0.4, 0.5) is 0 Å². The number of aromatic nitrogens is 1. The van der Waals surface area contributed by atoms with Crippen LogP contribution in [0.2, 0.25) is 0 Å². The lowest BCUT2D eigenvalue weighted by atomic mass is 9.87. The first-order valence-electron chi connectivity index (χ1n) is 11.2. The minimum atomic E-state index is -1.30. The maximum Gasteiger partial charge on any atom is 0.136 e. The number of rotatable bonds is 7. The molecule has 2 fully saturated rings. The van der Waals surface area contributed by atoms with Gasteiger partial charge in [0.1, 0.15) is 16.7 Å². The fourth-order valence-electron chi connectivity index (χ4n) is 4.56. The van der Waals surface area contributed by atoms with E-state index in [1.54, 1.807) is 18.4 Å². The van der Waals surface area contributed by atoms with Crippen molar-refractivity contribution in [3.63, 3.8) is 0 Å². The van der Waals surface area contributed by atoms with E-state index in [0.29, 0.717) is 5.75 Å². The molecule has 2 aliphatic rings. The maximum absolute atomic E-state index is 13.1. The largest absolute Gasteiger partial charge is 0.495 e. The van der Waals surface area contributed by atoms with Gasteiger partial charge in [0, 0.05) is 12.5 Å². The van der Waals surface area contributed by atoms with Crippen molar-refractivity contribution < 1.29 is 8.95 Å². The number of methoxy groups -OCH3 is 1. The number of hydrogen-bond donors (Lipinski definition) is 2.